The topological polar surface area (TPSA) is 123 Å². The highest BCUT2D eigenvalue weighted by Gasteiger charge is 2.28. The molecule has 1 heterocycles. The summed E-state index contributed by atoms with van der Waals surface area (Å²) in [5, 5.41) is 5.72. The molecule has 1 aliphatic rings. The van der Waals surface area contributed by atoms with Crippen LogP contribution in [0.1, 0.15) is 19.8 Å². The zero-order valence-corrected chi connectivity index (χ0v) is 9.90. The first-order valence-corrected chi connectivity index (χ1v) is 5.60. The van der Waals surface area contributed by atoms with Crippen LogP contribution in [0.15, 0.2) is 4.99 Å². The van der Waals surface area contributed by atoms with E-state index in [2.05, 4.69) is 15.6 Å². The van der Waals surface area contributed by atoms with E-state index < -0.39 is 6.04 Å². The van der Waals surface area contributed by atoms with E-state index in [4.69, 9.17) is 11.5 Å². The van der Waals surface area contributed by atoms with E-state index in [0.29, 0.717) is 25.9 Å². The highest BCUT2D eigenvalue weighted by Crippen LogP contribution is 2.03. The van der Waals surface area contributed by atoms with Gasteiger partial charge >= 0.3 is 0 Å². The predicted molar refractivity (Wildman–Crippen MR) is 64.3 cm³/mol. The van der Waals surface area contributed by atoms with E-state index in [1.165, 1.54) is 6.92 Å². The largest absolute Gasteiger partial charge is 0.370 e. The Kier molecular flexibility index (Phi) is 4.89. The summed E-state index contributed by atoms with van der Waals surface area (Å²) in [4.78, 5) is 26.5. The molecule has 0 radical (unpaired) electrons. The van der Waals surface area contributed by atoms with Crippen molar-refractivity contribution in [2.75, 3.05) is 13.1 Å². The number of aliphatic imine (C=N–C) groups is 1. The summed E-state index contributed by atoms with van der Waals surface area (Å²) in [5.74, 6) is -0.117. The van der Waals surface area contributed by atoms with Gasteiger partial charge in [-0.2, -0.15) is 0 Å². The summed E-state index contributed by atoms with van der Waals surface area (Å²) in [7, 11) is 0. The summed E-state index contributed by atoms with van der Waals surface area (Å²) < 4.78 is 0. The fourth-order valence-electron chi connectivity index (χ4n) is 1.66. The molecule has 7 nitrogen and oxygen atoms in total. The third kappa shape index (κ3) is 4.39. The van der Waals surface area contributed by atoms with Crippen molar-refractivity contribution < 1.29 is 9.59 Å². The standard InChI is InChI=1S/C10H19N5O2/c1-6(16)8-5-14-7(9(17)15-8)3-2-4-13-10(11)12/h7-8,14H,2-5H2,1H3,(H,15,17)(H4,11,12,13)/t7-,8-/m0/s1. The molecular weight excluding hydrogens is 222 g/mol. The van der Waals surface area contributed by atoms with E-state index >= 15 is 0 Å². The Bertz CT molecular complexity index is 325. The number of guanidine groups is 1. The van der Waals surface area contributed by atoms with Gasteiger partial charge in [-0.1, -0.05) is 0 Å². The normalized spacial score (nSPS) is 23.9. The van der Waals surface area contributed by atoms with Crippen LogP contribution >= 0.6 is 0 Å². The molecule has 0 spiro atoms. The first kappa shape index (κ1) is 13.4. The summed E-state index contributed by atoms with van der Waals surface area (Å²) in [5.41, 5.74) is 10.4. The molecule has 1 rings (SSSR count). The van der Waals surface area contributed by atoms with Crippen molar-refractivity contribution in [1.29, 1.82) is 0 Å². The highest BCUT2D eigenvalue weighted by molar-refractivity contribution is 5.91. The minimum atomic E-state index is -0.406. The molecule has 0 unspecified atom stereocenters. The zero-order chi connectivity index (χ0) is 12.8. The molecule has 1 saturated heterocycles. The van der Waals surface area contributed by atoms with Crippen molar-refractivity contribution in [2.45, 2.75) is 31.8 Å². The first-order valence-electron chi connectivity index (χ1n) is 5.60. The summed E-state index contributed by atoms with van der Waals surface area (Å²) in [6.45, 7) is 2.45. The quantitative estimate of drug-likeness (QED) is 0.254. The lowest BCUT2D eigenvalue weighted by atomic mass is 10.0. The monoisotopic (exact) mass is 241 g/mol. The number of nitrogens with two attached hydrogens (primary N) is 2. The van der Waals surface area contributed by atoms with E-state index in [0.717, 1.165) is 0 Å². The summed E-state index contributed by atoms with van der Waals surface area (Å²) in [6.07, 6.45) is 1.36. The Morgan fingerprint density at radius 1 is 1.53 bits per heavy atom. The number of ketones is 1. The number of piperazine rings is 1. The van der Waals surface area contributed by atoms with Crippen LogP contribution in [0.5, 0.6) is 0 Å². The van der Waals surface area contributed by atoms with Gasteiger partial charge in [0.25, 0.3) is 0 Å². The van der Waals surface area contributed by atoms with E-state index in [9.17, 15) is 9.59 Å². The lowest BCUT2D eigenvalue weighted by molar-refractivity contribution is -0.130. The number of amides is 1. The van der Waals surface area contributed by atoms with Crippen molar-refractivity contribution >= 4 is 17.6 Å². The number of hydrogen-bond donors (Lipinski definition) is 4. The molecule has 1 aliphatic heterocycles. The summed E-state index contributed by atoms with van der Waals surface area (Å²) >= 11 is 0. The Morgan fingerprint density at radius 3 is 2.76 bits per heavy atom. The predicted octanol–water partition coefficient (Wildman–Crippen LogP) is -1.91. The first-order chi connectivity index (χ1) is 8.00. The molecular formula is C10H19N5O2. The van der Waals surface area contributed by atoms with Crippen molar-refractivity contribution in [3.8, 4) is 0 Å². The molecule has 96 valence electrons. The average Bonchev–Trinajstić information content (AvgIpc) is 2.25. The van der Waals surface area contributed by atoms with E-state index in [1.54, 1.807) is 0 Å². The van der Waals surface area contributed by atoms with Crippen molar-refractivity contribution in [3.05, 3.63) is 0 Å². The minimum Gasteiger partial charge on any atom is -0.370 e. The number of nitrogens with one attached hydrogen (secondary N) is 2. The van der Waals surface area contributed by atoms with E-state index in [-0.39, 0.29) is 23.7 Å². The van der Waals surface area contributed by atoms with Gasteiger partial charge in [0.2, 0.25) is 5.91 Å². The smallest absolute Gasteiger partial charge is 0.237 e. The Labute approximate surface area is 100 Å². The molecule has 2 atom stereocenters. The number of hydrogen-bond acceptors (Lipinski definition) is 4. The van der Waals surface area contributed by atoms with Crippen LogP contribution in [-0.2, 0) is 9.59 Å². The molecule has 17 heavy (non-hydrogen) atoms. The molecule has 1 amide bonds. The molecule has 0 aliphatic carbocycles. The lowest BCUT2D eigenvalue weighted by Crippen LogP contribution is -2.60. The van der Waals surface area contributed by atoms with Gasteiger partial charge in [0.15, 0.2) is 11.7 Å². The van der Waals surface area contributed by atoms with Gasteiger partial charge in [0.1, 0.15) is 0 Å². The SMILES string of the molecule is CC(=O)[C@@H]1CN[C@@H](CCCN=C(N)N)C(=O)N1. The molecule has 0 aromatic rings. The molecule has 0 bridgehead atoms. The van der Waals surface area contributed by atoms with E-state index in [1.807, 2.05) is 0 Å². The number of Topliss-reactive ketones (excluding diaryl/α,β-unsaturated/α-hetero) is 1. The molecule has 6 N–H and O–H groups in total. The second kappa shape index (κ2) is 6.19. The van der Waals surface area contributed by atoms with Crippen molar-refractivity contribution in [1.82, 2.24) is 10.6 Å². The minimum absolute atomic E-state index is 0.0372. The third-order valence-corrected chi connectivity index (χ3v) is 2.64. The molecule has 0 aromatic heterocycles. The van der Waals surface area contributed by atoms with Crippen LogP contribution in [-0.4, -0.2) is 42.8 Å². The van der Waals surface area contributed by atoms with Crippen LogP contribution < -0.4 is 22.1 Å². The lowest BCUT2D eigenvalue weighted by Gasteiger charge is -2.28. The third-order valence-electron chi connectivity index (χ3n) is 2.64. The van der Waals surface area contributed by atoms with Crippen molar-refractivity contribution in [3.63, 3.8) is 0 Å². The van der Waals surface area contributed by atoms with Crippen LogP contribution in [0.2, 0.25) is 0 Å². The second-order valence-corrected chi connectivity index (χ2v) is 4.08. The highest BCUT2D eigenvalue weighted by atomic mass is 16.2. The van der Waals surface area contributed by atoms with Crippen LogP contribution in [0.4, 0.5) is 0 Å². The number of carbonyl (C=O) groups is 2. The maximum Gasteiger partial charge on any atom is 0.237 e. The van der Waals surface area contributed by atoms with Gasteiger partial charge in [0, 0.05) is 13.1 Å². The molecule has 7 heteroatoms. The fourth-order valence-corrected chi connectivity index (χ4v) is 1.66. The van der Waals surface area contributed by atoms with Crippen LogP contribution in [0, 0.1) is 0 Å². The van der Waals surface area contributed by atoms with Crippen LogP contribution in [0.25, 0.3) is 0 Å². The summed E-state index contributed by atoms with van der Waals surface area (Å²) in [6, 6.07) is -0.670. The molecule has 0 saturated carbocycles. The molecule has 0 aromatic carbocycles. The Morgan fingerprint density at radius 2 is 2.24 bits per heavy atom. The Balaban J connectivity index is 2.30. The van der Waals surface area contributed by atoms with Gasteiger partial charge < -0.3 is 22.1 Å². The van der Waals surface area contributed by atoms with Crippen molar-refractivity contribution in [2.24, 2.45) is 16.5 Å². The van der Waals surface area contributed by atoms with Gasteiger partial charge in [-0.3, -0.25) is 14.6 Å². The number of nitrogens with zero attached hydrogens (tertiary/aromatic N) is 1. The van der Waals surface area contributed by atoms with Gasteiger partial charge in [-0.15, -0.1) is 0 Å². The maximum absolute atomic E-state index is 11.6. The number of carbonyl (C=O) groups excluding carboxylic acids is 2. The van der Waals surface area contributed by atoms with Gasteiger partial charge in [-0.25, -0.2) is 0 Å². The van der Waals surface area contributed by atoms with Gasteiger partial charge in [-0.05, 0) is 19.8 Å². The number of rotatable bonds is 5. The molecule has 1 fully saturated rings. The zero-order valence-electron chi connectivity index (χ0n) is 9.90. The fraction of sp³-hybridized carbons (Fsp3) is 0.700. The second-order valence-electron chi connectivity index (χ2n) is 4.08. The van der Waals surface area contributed by atoms with Crippen LogP contribution in [0.3, 0.4) is 0 Å². The Hall–Kier alpha value is -1.63. The maximum atomic E-state index is 11.6. The average molecular weight is 241 g/mol. The van der Waals surface area contributed by atoms with Gasteiger partial charge in [0.05, 0.1) is 12.1 Å².